The largest absolute Gasteiger partial charge is 0.394 e. The Morgan fingerprint density at radius 1 is 1.33 bits per heavy atom. The molecule has 0 spiro atoms. The molecule has 5 nitrogen and oxygen atoms in total. The first kappa shape index (κ1) is 14.1. The van der Waals surface area contributed by atoms with Gasteiger partial charge >= 0.3 is 0 Å². The molecule has 0 unspecified atom stereocenters. The molecular weight excluding hydrogens is 266 g/mol. The van der Waals surface area contributed by atoms with Gasteiger partial charge in [0.25, 0.3) is 5.91 Å². The zero-order valence-corrected chi connectivity index (χ0v) is 12.3. The number of carbonyl (C=O) groups excluding carboxylic acids is 1. The number of hydrogen-bond acceptors (Lipinski definition) is 3. The summed E-state index contributed by atoms with van der Waals surface area (Å²) in [4.78, 5) is 12.6. The molecule has 1 aliphatic carbocycles. The van der Waals surface area contributed by atoms with Crippen LogP contribution in [0.4, 0.5) is 0 Å². The number of carbonyl (C=O) groups is 1. The second-order valence-corrected chi connectivity index (χ2v) is 5.94. The Morgan fingerprint density at radius 3 is 2.76 bits per heavy atom. The van der Waals surface area contributed by atoms with Crippen molar-refractivity contribution in [3.63, 3.8) is 0 Å². The van der Waals surface area contributed by atoms with E-state index in [2.05, 4.69) is 10.4 Å². The number of aliphatic hydroxyl groups is 1. The molecule has 1 aromatic carbocycles. The Kier molecular flexibility index (Phi) is 3.68. The van der Waals surface area contributed by atoms with Gasteiger partial charge in [-0.3, -0.25) is 9.48 Å². The van der Waals surface area contributed by atoms with Crippen LogP contribution in [0.25, 0.3) is 10.9 Å². The molecule has 5 heteroatoms. The highest BCUT2D eigenvalue weighted by atomic mass is 16.3. The zero-order chi connectivity index (χ0) is 14.9. The number of fused-ring (bicyclic) bond motifs is 1. The van der Waals surface area contributed by atoms with E-state index in [-0.39, 0.29) is 12.5 Å². The van der Waals surface area contributed by atoms with Gasteiger partial charge in [-0.1, -0.05) is 37.5 Å². The number of aromatic nitrogens is 2. The monoisotopic (exact) mass is 287 g/mol. The van der Waals surface area contributed by atoms with Crippen LogP contribution in [0.5, 0.6) is 0 Å². The van der Waals surface area contributed by atoms with Gasteiger partial charge in [-0.2, -0.15) is 5.10 Å². The van der Waals surface area contributed by atoms with Crippen molar-refractivity contribution >= 4 is 16.8 Å². The van der Waals surface area contributed by atoms with Crippen LogP contribution in [0.1, 0.15) is 42.6 Å². The van der Waals surface area contributed by atoms with Crippen LogP contribution >= 0.6 is 0 Å². The molecule has 1 fully saturated rings. The Bertz CT molecular complexity index is 657. The number of benzene rings is 1. The Labute approximate surface area is 124 Å². The lowest BCUT2D eigenvalue weighted by Crippen LogP contribution is -2.52. The van der Waals surface area contributed by atoms with Crippen molar-refractivity contribution in [2.75, 3.05) is 6.61 Å². The minimum Gasteiger partial charge on any atom is -0.394 e. The smallest absolute Gasteiger partial charge is 0.272 e. The van der Waals surface area contributed by atoms with Crippen LogP contribution in [-0.2, 0) is 7.05 Å². The van der Waals surface area contributed by atoms with Crippen molar-refractivity contribution in [1.82, 2.24) is 15.1 Å². The maximum Gasteiger partial charge on any atom is 0.272 e. The lowest BCUT2D eigenvalue weighted by molar-refractivity contribution is 0.0754. The van der Waals surface area contributed by atoms with Crippen LogP contribution in [0.3, 0.4) is 0 Å². The summed E-state index contributed by atoms with van der Waals surface area (Å²) < 4.78 is 1.72. The number of nitrogens with zero attached hydrogens (tertiary/aromatic N) is 2. The highest BCUT2D eigenvalue weighted by molar-refractivity contribution is 6.05. The van der Waals surface area contributed by atoms with Crippen LogP contribution in [-0.4, -0.2) is 32.9 Å². The molecule has 0 atom stereocenters. The van der Waals surface area contributed by atoms with Gasteiger partial charge in [0.2, 0.25) is 0 Å². The summed E-state index contributed by atoms with van der Waals surface area (Å²) in [5.41, 5.74) is 0.893. The maximum absolute atomic E-state index is 12.6. The number of aryl methyl sites for hydroxylation is 1. The van der Waals surface area contributed by atoms with E-state index in [0.717, 1.165) is 36.6 Å². The lowest BCUT2D eigenvalue weighted by atomic mass is 9.82. The number of rotatable bonds is 3. The first-order valence-corrected chi connectivity index (χ1v) is 7.50. The third-order valence-electron chi connectivity index (χ3n) is 4.46. The third-order valence-corrected chi connectivity index (χ3v) is 4.46. The topological polar surface area (TPSA) is 67.2 Å². The molecule has 1 saturated carbocycles. The van der Waals surface area contributed by atoms with Crippen molar-refractivity contribution in [3.8, 4) is 0 Å². The second-order valence-electron chi connectivity index (χ2n) is 5.94. The maximum atomic E-state index is 12.6. The highest BCUT2D eigenvalue weighted by Crippen LogP contribution is 2.28. The Balaban J connectivity index is 1.90. The predicted octanol–water partition coefficient (Wildman–Crippen LogP) is 2.00. The highest BCUT2D eigenvalue weighted by Gasteiger charge is 2.34. The van der Waals surface area contributed by atoms with E-state index < -0.39 is 5.54 Å². The summed E-state index contributed by atoms with van der Waals surface area (Å²) in [7, 11) is 1.83. The molecule has 1 aromatic heterocycles. The molecule has 2 N–H and O–H groups in total. The molecule has 1 heterocycles. The number of amides is 1. The molecule has 1 aliphatic rings. The molecule has 0 bridgehead atoms. The fourth-order valence-corrected chi connectivity index (χ4v) is 3.23. The minimum absolute atomic E-state index is 0.0104. The van der Waals surface area contributed by atoms with Gasteiger partial charge in [0, 0.05) is 12.4 Å². The van der Waals surface area contributed by atoms with Gasteiger partial charge in [-0.25, -0.2) is 0 Å². The fraction of sp³-hybridized carbons (Fsp3) is 0.500. The van der Waals surface area contributed by atoms with Crippen molar-refractivity contribution < 1.29 is 9.90 Å². The van der Waals surface area contributed by atoms with Crippen LogP contribution in [0.2, 0.25) is 0 Å². The van der Waals surface area contributed by atoms with Gasteiger partial charge in [-0.05, 0) is 18.9 Å². The minimum atomic E-state index is -0.478. The molecule has 0 saturated heterocycles. The molecule has 3 rings (SSSR count). The van der Waals surface area contributed by atoms with E-state index in [0.29, 0.717) is 5.69 Å². The molecule has 0 aliphatic heterocycles. The number of hydrogen-bond donors (Lipinski definition) is 2. The van der Waals surface area contributed by atoms with E-state index in [1.807, 2.05) is 31.3 Å². The normalized spacial score (nSPS) is 17.8. The SMILES string of the molecule is Cn1nc(C(=O)NC2(CO)CCCCC2)c2ccccc21. The fourth-order valence-electron chi connectivity index (χ4n) is 3.23. The van der Waals surface area contributed by atoms with Crippen molar-refractivity contribution in [2.45, 2.75) is 37.6 Å². The van der Waals surface area contributed by atoms with Crippen LogP contribution in [0.15, 0.2) is 24.3 Å². The molecule has 2 aromatic rings. The summed E-state index contributed by atoms with van der Waals surface area (Å²) in [6, 6.07) is 7.69. The number of para-hydroxylation sites is 1. The molecule has 21 heavy (non-hydrogen) atoms. The number of aliphatic hydroxyl groups excluding tert-OH is 1. The van der Waals surface area contributed by atoms with E-state index in [4.69, 9.17) is 0 Å². The summed E-state index contributed by atoms with van der Waals surface area (Å²) in [5, 5.41) is 17.9. The van der Waals surface area contributed by atoms with E-state index in [1.165, 1.54) is 6.42 Å². The Hall–Kier alpha value is -1.88. The van der Waals surface area contributed by atoms with Crippen molar-refractivity contribution in [2.24, 2.45) is 7.05 Å². The van der Waals surface area contributed by atoms with E-state index in [9.17, 15) is 9.90 Å². The van der Waals surface area contributed by atoms with E-state index >= 15 is 0 Å². The molecule has 1 amide bonds. The van der Waals surface area contributed by atoms with E-state index in [1.54, 1.807) is 4.68 Å². The molecule has 0 radical (unpaired) electrons. The number of nitrogens with one attached hydrogen (secondary N) is 1. The van der Waals surface area contributed by atoms with Gasteiger partial charge in [0.05, 0.1) is 17.7 Å². The average Bonchev–Trinajstić information content (AvgIpc) is 2.86. The molecular formula is C16H21N3O2. The zero-order valence-electron chi connectivity index (χ0n) is 12.3. The first-order valence-electron chi connectivity index (χ1n) is 7.50. The van der Waals surface area contributed by atoms with Gasteiger partial charge in [-0.15, -0.1) is 0 Å². The van der Waals surface area contributed by atoms with Gasteiger partial charge in [0.15, 0.2) is 5.69 Å². The predicted molar refractivity (Wildman–Crippen MR) is 81.1 cm³/mol. The quantitative estimate of drug-likeness (QED) is 0.907. The standard InChI is InChI=1S/C16H21N3O2/c1-19-13-8-4-3-7-12(13)14(18-19)15(21)17-16(11-20)9-5-2-6-10-16/h3-4,7-8,20H,2,5-6,9-11H2,1H3,(H,17,21). The lowest BCUT2D eigenvalue weighted by Gasteiger charge is -2.36. The van der Waals surface area contributed by atoms with Crippen molar-refractivity contribution in [1.29, 1.82) is 0 Å². The Morgan fingerprint density at radius 2 is 2.05 bits per heavy atom. The third kappa shape index (κ3) is 2.53. The van der Waals surface area contributed by atoms with Gasteiger partial charge in [0.1, 0.15) is 0 Å². The first-order chi connectivity index (χ1) is 10.2. The van der Waals surface area contributed by atoms with Crippen LogP contribution in [0, 0.1) is 0 Å². The summed E-state index contributed by atoms with van der Waals surface area (Å²) >= 11 is 0. The van der Waals surface area contributed by atoms with Gasteiger partial charge < -0.3 is 10.4 Å². The molecule has 112 valence electrons. The average molecular weight is 287 g/mol. The summed E-state index contributed by atoms with van der Waals surface area (Å²) in [6.45, 7) is -0.0104. The summed E-state index contributed by atoms with van der Waals surface area (Å²) in [6.07, 6.45) is 4.93. The van der Waals surface area contributed by atoms with Crippen molar-refractivity contribution in [3.05, 3.63) is 30.0 Å². The summed E-state index contributed by atoms with van der Waals surface area (Å²) in [5.74, 6) is -0.192. The van der Waals surface area contributed by atoms with Crippen LogP contribution < -0.4 is 5.32 Å². The second kappa shape index (κ2) is 5.48.